The highest BCUT2D eigenvalue weighted by Gasteiger charge is 2.42. The van der Waals surface area contributed by atoms with Crippen LogP contribution in [0.5, 0.6) is 0 Å². The molecule has 0 aromatic heterocycles. The molecule has 1 fully saturated rings. The number of hydrogen-bond donors (Lipinski definition) is 2. The Hall–Kier alpha value is -0.910. The first-order valence-corrected chi connectivity index (χ1v) is 8.73. The van der Waals surface area contributed by atoms with Gasteiger partial charge >= 0.3 is 0 Å². The summed E-state index contributed by atoms with van der Waals surface area (Å²) in [5, 5.41) is 3.04. The molecule has 20 heavy (non-hydrogen) atoms. The quantitative estimate of drug-likeness (QED) is 0.773. The molecule has 5 heteroatoms. The Bertz CT molecular complexity index is 533. The van der Waals surface area contributed by atoms with Crippen molar-refractivity contribution in [3.63, 3.8) is 0 Å². The Morgan fingerprint density at radius 1 is 1.20 bits per heavy atom. The van der Waals surface area contributed by atoms with E-state index in [1.807, 2.05) is 19.2 Å². The van der Waals surface area contributed by atoms with E-state index in [0.29, 0.717) is 11.4 Å². The number of hydrogen-bond acceptors (Lipinski definition) is 3. The van der Waals surface area contributed by atoms with Crippen molar-refractivity contribution in [2.75, 3.05) is 13.6 Å². The maximum Gasteiger partial charge on any atom is 0.240 e. The van der Waals surface area contributed by atoms with Crippen molar-refractivity contribution in [1.82, 2.24) is 10.0 Å². The maximum absolute atomic E-state index is 12.3. The van der Waals surface area contributed by atoms with E-state index >= 15 is 0 Å². The Kier molecular flexibility index (Phi) is 4.83. The van der Waals surface area contributed by atoms with E-state index in [1.165, 1.54) is 0 Å². The number of benzene rings is 1. The molecule has 1 saturated carbocycles. The summed E-state index contributed by atoms with van der Waals surface area (Å²) in [6.07, 6.45) is 4.51. The second kappa shape index (κ2) is 6.24. The smallest absolute Gasteiger partial charge is 0.240 e. The van der Waals surface area contributed by atoms with Gasteiger partial charge in [-0.3, -0.25) is 0 Å². The zero-order valence-corrected chi connectivity index (χ0v) is 13.1. The molecule has 0 saturated heterocycles. The van der Waals surface area contributed by atoms with Gasteiger partial charge in [-0.1, -0.05) is 25.5 Å². The van der Waals surface area contributed by atoms with E-state index in [2.05, 4.69) is 17.0 Å². The van der Waals surface area contributed by atoms with Crippen molar-refractivity contribution in [3.05, 3.63) is 29.8 Å². The first kappa shape index (κ1) is 15.5. The molecule has 112 valence electrons. The topological polar surface area (TPSA) is 58.2 Å². The lowest BCUT2D eigenvalue weighted by atomic mass is 10.0. The molecule has 1 aliphatic carbocycles. The molecule has 0 spiro atoms. The molecule has 4 nitrogen and oxygen atoms in total. The molecule has 1 aliphatic rings. The first-order valence-electron chi connectivity index (χ1n) is 7.24. The summed E-state index contributed by atoms with van der Waals surface area (Å²) in [7, 11) is -1.50. The molecule has 0 aliphatic heterocycles. The lowest BCUT2D eigenvalue weighted by Crippen LogP contribution is -2.30. The van der Waals surface area contributed by atoms with Gasteiger partial charge in [-0.15, -0.1) is 0 Å². The number of rotatable bonds is 8. The highest BCUT2D eigenvalue weighted by Crippen LogP contribution is 2.49. The van der Waals surface area contributed by atoms with Gasteiger partial charge in [-0.25, -0.2) is 13.1 Å². The molecule has 2 N–H and O–H groups in total. The van der Waals surface area contributed by atoms with Gasteiger partial charge in [-0.2, -0.15) is 0 Å². The van der Waals surface area contributed by atoms with Crippen molar-refractivity contribution in [3.8, 4) is 0 Å². The van der Waals surface area contributed by atoms with Gasteiger partial charge in [0.25, 0.3) is 0 Å². The Morgan fingerprint density at radius 2 is 1.85 bits per heavy atom. The van der Waals surface area contributed by atoms with Crippen molar-refractivity contribution in [2.24, 2.45) is 5.41 Å². The second-order valence-electron chi connectivity index (χ2n) is 5.75. The molecule has 1 aromatic carbocycles. The fourth-order valence-electron chi connectivity index (χ4n) is 2.54. The lowest BCUT2D eigenvalue weighted by molar-refractivity contribution is 0.449. The van der Waals surface area contributed by atoms with Crippen molar-refractivity contribution >= 4 is 10.0 Å². The van der Waals surface area contributed by atoms with Crippen molar-refractivity contribution in [1.29, 1.82) is 0 Å². The standard InChI is InChI=1S/C15H24N2O2S/c1-3-8-15(9-10-15)12-17-20(18,19)14-6-4-13(5-7-14)11-16-2/h4-7,16-17H,3,8-12H2,1-2H3. The largest absolute Gasteiger partial charge is 0.316 e. The van der Waals surface area contributed by atoms with Crippen LogP contribution < -0.4 is 10.0 Å². The molecule has 1 aromatic rings. The molecule has 2 rings (SSSR count). The highest BCUT2D eigenvalue weighted by molar-refractivity contribution is 7.89. The van der Waals surface area contributed by atoms with Crippen LogP contribution in [0.1, 0.15) is 38.2 Å². The summed E-state index contributed by atoms with van der Waals surface area (Å²) in [5.41, 5.74) is 1.31. The number of sulfonamides is 1. The lowest BCUT2D eigenvalue weighted by Gasteiger charge is -2.15. The van der Waals surface area contributed by atoms with E-state index in [9.17, 15) is 8.42 Å². The SMILES string of the molecule is CCCC1(CNS(=O)(=O)c2ccc(CNC)cc2)CC1. The average Bonchev–Trinajstić information content (AvgIpc) is 3.19. The van der Waals surface area contributed by atoms with E-state index in [1.54, 1.807) is 12.1 Å². The maximum atomic E-state index is 12.3. The summed E-state index contributed by atoms with van der Waals surface area (Å²) < 4.78 is 27.3. The van der Waals surface area contributed by atoms with Gasteiger partial charge in [0.2, 0.25) is 10.0 Å². The summed E-state index contributed by atoms with van der Waals surface area (Å²) in [6, 6.07) is 7.05. The fourth-order valence-corrected chi connectivity index (χ4v) is 3.70. The molecule has 0 radical (unpaired) electrons. The monoisotopic (exact) mass is 296 g/mol. The van der Waals surface area contributed by atoms with Crippen LogP contribution in [-0.4, -0.2) is 22.0 Å². The zero-order chi connectivity index (χ0) is 14.6. The Labute approximate surface area is 122 Å². The van der Waals surface area contributed by atoms with Gasteiger partial charge in [0.05, 0.1) is 4.90 Å². The minimum Gasteiger partial charge on any atom is -0.316 e. The normalized spacial score (nSPS) is 17.1. The van der Waals surface area contributed by atoms with Crippen molar-refractivity contribution in [2.45, 2.75) is 44.0 Å². The van der Waals surface area contributed by atoms with Crippen LogP contribution in [0.25, 0.3) is 0 Å². The summed E-state index contributed by atoms with van der Waals surface area (Å²) in [6.45, 7) is 3.46. The molecule has 0 atom stereocenters. The third-order valence-electron chi connectivity index (χ3n) is 3.99. The van der Waals surface area contributed by atoms with E-state index in [4.69, 9.17) is 0 Å². The predicted octanol–water partition coefficient (Wildman–Crippen LogP) is 2.26. The Morgan fingerprint density at radius 3 is 2.35 bits per heavy atom. The van der Waals surface area contributed by atoms with E-state index in [0.717, 1.165) is 37.8 Å². The van der Waals surface area contributed by atoms with Crippen LogP contribution in [0.15, 0.2) is 29.2 Å². The number of nitrogens with one attached hydrogen (secondary N) is 2. The second-order valence-corrected chi connectivity index (χ2v) is 7.52. The van der Waals surface area contributed by atoms with Crippen LogP contribution >= 0.6 is 0 Å². The predicted molar refractivity (Wildman–Crippen MR) is 81.0 cm³/mol. The molecular formula is C15H24N2O2S. The van der Waals surface area contributed by atoms with Gasteiger partial charge < -0.3 is 5.32 Å². The van der Waals surface area contributed by atoms with Gasteiger partial charge in [0.1, 0.15) is 0 Å². The van der Waals surface area contributed by atoms with E-state index in [-0.39, 0.29) is 5.41 Å². The van der Waals surface area contributed by atoms with Gasteiger partial charge in [-0.05, 0) is 49.4 Å². The zero-order valence-electron chi connectivity index (χ0n) is 12.3. The average molecular weight is 296 g/mol. The summed E-state index contributed by atoms with van der Waals surface area (Å²) in [4.78, 5) is 0.352. The first-order chi connectivity index (χ1) is 9.51. The molecule has 0 unspecified atom stereocenters. The van der Waals surface area contributed by atoms with Crippen LogP contribution in [0.2, 0.25) is 0 Å². The fraction of sp³-hybridized carbons (Fsp3) is 0.600. The molecular weight excluding hydrogens is 272 g/mol. The van der Waals surface area contributed by atoms with Gasteiger partial charge in [0.15, 0.2) is 0 Å². The summed E-state index contributed by atoms with van der Waals surface area (Å²) in [5.74, 6) is 0. The highest BCUT2D eigenvalue weighted by atomic mass is 32.2. The van der Waals surface area contributed by atoms with Crippen LogP contribution in [0, 0.1) is 5.41 Å². The van der Waals surface area contributed by atoms with Crippen LogP contribution in [0.3, 0.4) is 0 Å². The van der Waals surface area contributed by atoms with Crippen LogP contribution in [-0.2, 0) is 16.6 Å². The van der Waals surface area contributed by atoms with Crippen molar-refractivity contribution < 1.29 is 8.42 Å². The summed E-state index contributed by atoms with van der Waals surface area (Å²) >= 11 is 0. The molecule has 0 bridgehead atoms. The third-order valence-corrected chi connectivity index (χ3v) is 5.41. The molecule has 0 heterocycles. The molecule has 0 amide bonds. The Balaban J connectivity index is 1.99. The minimum absolute atomic E-state index is 0.230. The third kappa shape index (κ3) is 3.81. The van der Waals surface area contributed by atoms with Gasteiger partial charge in [0, 0.05) is 13.1 Å². The minimum atomic E-state index is -3.37. The van der Waals surface area contributed by atoms with Crippen LogP contribution in [0.4, 0.5) is 0 Å². The van der Waals surface area contributed by atoms with E-state index < -0.39 is 10.0 Å².